The molecular formula is C20H29NO12. The van der Waals surface area contributed by atoms with Crippen molar-refractivity contribution in [2.75, 3.05) is 13.7 Å². The molecule has 0 spiro atoms. The summed E-state index contributed by atoms with van der Waals surface area (Å²) in [6.45, 7) is 5.07. The molecule has 0 bridgehead atoms. The fourth-order valence-corrected chi connectivity index (χ4v) is 3.36. The number of amides is 1. The molecule has 1 aliphatic heterocycles. The maximum absolute atomic E-state index is 12.2. The Kier molecular flexibility index (Phi) is 10.7. The Balaban J connectivity index is 3.53. The summed E-state index contributed by atoms with van der Waals surface area (Å²) in [5.74, 6) is -4.40. The van der Waals surface area contributed by atoms with Gasteiger partial charge in [-0.2, -0.15) is 0 Å². The summed E-state index contributed by atoms with van der Waals surface area (Å²) in [6, 6.07) is -1.13. The zero-order valence-corrected chi connectivity index (χ0v) is 19.3. The Hall–Kier alpha value is -3.22. The lowest BCUT2D eigenvalue weighted by atomic mass is 9.89. The third-order valence-electron chi connectivity index (χ3n) is 4.43. The first kappa shape index (κ1) is 27.8. The van der Waals surface area contributed by atoms with Crippen molar-refractivity contribution in [2.24, 2.45) is 0 Å². The lowest BCUT2D eigenvalue weighted by Crippen LogP contribution is -2.65. The van der Waals surface area contributed by atoms with Crippen LogP contribution in [0.4, 0.5) is 0 Å². The SMILES string of the molecule is COC(=O)[C@H]1C[C@H](OC(C)=O)[C@@H](NC(C)=O)[C@H]([C@H](OC(C)=O)[C@@H](COC(C)=O)OC(C)=O)O1. The van der Waals surface area contributed by atoms with Crippen LogP contribution in [0.2, 0.25) is 0 Å². The smallest absolute Gasteiger partial charge is 0.335 e. The fourth-order valence-electron chi connectivity index (χ4n) is 3.36. The molecule has 0 unspecified atom stereocenters. The quantitative estimate of drug-likeness (QED) is 0.325. The Bertz CT molecular complexity index is 766. The van der Waals surface area contributed by atoms with Crippen molar-refractivity contribution in [1.29, 1.82) is 0 Å². The van der Waals surface area contributed by atoms with Crippen LogP contribution >= 0.6 is 0 Å². The van der Waals surface area contributed by atoms with Gasteiger partial charge in [0.05, 0.1) is 13.2 Å². The van der Waals surface area contributed by atoms with E-state index >= 15 is 0 Å². The highest BCUT2D eigenvalue weighted by atomic mass is 16.6. The van der Waals surface area contributed by atoms with E-state index in [1.54, 1.807) is 0 Å². The van der Waals surface area contributed by atoms with Crippen molar-refractivity contribution in [3.63, 3.8) is 0 Å². The highest BCUT2D eigenvalue weighted by Gasteiger charge is 2.51. The van der Waals surface area contributed by atoms with E-state index in [1.165, 1.54) is 6.92 Å². The molecular weight excluding hydrogens is 446 g/mol. The van der Waals surface area contributed by atoms with Crippen LogP contribution in [0.3, 0.4) is 0 Å². The second-order valence-electron chi connectivity index (χ2n) is 7.25. The van der Waals surface area contributed by atoms with Gasteiger partial charge < -0.3 is 33.7 Å². The summed E-state index contributed by atoms with van der Waals surface area (Å²) < 4.78 is 31.3. The minimum atomic E-state index is -1.48. The van der Waals surface area contributed by atoms with Crippen molar-refractivity contribution < 1.29 is 57.2 Å². The number of hydrogen-bond donors (Lipinski definition) is 1. The molecule has 1 amide bonds. The molecule has 1 heterocycles. The summed E-state index contributed by atoms with van der Waals surface area (Å²) in [5, 5.41) is 2.56. The molecule has 1 N–H and O–H groups in total. The van der Waals surface area contributed by atoms with E-state index in [1.807, 2.05) is 0 Å². The van der Waals surface area contributed by atoms with Crippen molar-refractivity contribution >= 4 is 35.8 Å². The molecule has 0 saturated carbocycles. The van der Waals surface area contributed by atoms with Crippen LogP contribution in [0.1, 0.15) is 41.0 Å². The zero-order chi connectivity index (χ0) is 25.3. The van der Waals surface area contributed by atoms with E-state index in [0.717, 1.165) is 34.8 Å². The molecule has 0 aromatic carbocycles. The van der Waals surface area contributed by atoms with Gasteiger partial charge in [0.2, 0.25) is 5.91 Å². The molecule has 33 heavy (non-hydrogen) atoms. The lowest BCUT2D eigenvalue weighted by molar-refractivity contribution is -0.217. The second kappa shape index (κ2) is 12.7. The van der Waals surface area contributed by atoms with E-state index in [2.05, 4.69) is 5.32 Å². The third kappa shape index (κ3) is 9.04. The first-order valence-corrected chi connectivity index (χ1v) is 10.0. The average molecular weight is 475 g/mol. The van der Waals surface area contributed by atoms with Crippen LogP contribution in [-0.2, 0) is 57.2 Å². The van der Waals surface area contributed by atoms with Crippen LogP contribution in [0.15, 0.2) is 0 Å². The number of methoxy groups -OCH3 is 1. The third-order valence-corrected chi connectivity index (χ3v) is 4.43. The van der Waals surface area contributed by atoms with Gasteiger partial charge in [-0.05, 0) is 0 Å². The molecule has 13 nitrogen and oxygen atoms in total. The number of ether oxygens (including phenoxy) is 6. The van der Waals surface area contributed by atoms with Crippen molar-refractivity contribution in [3.8, 4) is 0 Å². The summed E-state index contributed by atoms with van der Waals surface area (Å²) in [7, 11) is 1.12. The highest BCUT2D eigenvalue weighted by molar-refractivity contribution is 5.76. The topological polar surface area (TPSA) is 170 Å². The van der Waals surface area contributed by atoms with Crippen molar-refractivity contribution in [1.82, 2.24) is 5.32 Å². The van der Waals surface area contributed by atoms with Gasteiger partial charge in [0, 0.05) is 41.0 Å². The average Bonchev–Trinajstić information content (AvgIpc) is 2.68. The van der Waals surface area contributed by atoms with Gasteiger partial charge in [0.1, 0.15) is 18.8 Å². The Morgan fingerprint density at radius 3 is 1.97 bits per heavy atom. The summed E-state index contributed by atoms with van der Waals surface area (Å²) in [6.07, 6.45) is -6.79. The second-order valence-corrected chi connectivity index (χ2v) is 7.25. The first-order chi connectivity index (χ1) is 15.3. The van der Waals surface area contributed by atoms with Crippen LogP contribution in [0, 0.1) is 0 Å². The van der Waals surface area contributed by atoms with E-state index < -0.39 is 78.9 Å². The number of esters is 5. The number of rotatable bonds is 9. The van der Waals surface area contributed by atoms with E-state index in [0.29, 0.717) is 0 Å². The molecule has 13 heteroatoms. The summed E-state index contributed by atoms with van der Waals surface area (Å²) in [5.41, 5.74) is 0. The Morgan fingerprint density at radius 1 is 0.909 bits per heavy atom. The van der Waals surface area contributed by atoms with Gasteiger partial charge in [0.25, 0.3) is 0 Å². The summed E-state index contributed by atoms with van der Waals surface area (Å²) >= 11 is 0. The molecule has 1 fully saturated rings. The number of nitrogens with one attached hydrogen (secondary N) is 1. The minimum absolute atomic E-state index is 0.178. The Labute approximate surface area is 190 Å². The van der Waals surface area contributed by atoms with Crippen LogP contribution < -0.4 is 5.32 Å². The van der Waals surface area contributed by atoms with Gasteiger partial charge in [-0.15, -0.1) is 0 Å². The maximum atomic E-state index is 12.2. The highest BCUT2D eigenvalue weighted by Crippen LogP contribution is 2.29. The van der Waals surface area contributed by atoms with Gasteiger partial charge >= 0.3 is 29.8 Å². The zero-order valence-electron chi connectivity index (χ0n) is 19.3. The predicted molar refractivity (Wildman–Crippen MR) is 106 cm³/mol. The van der Waals surface area contributed by atoms with E-state index in [-0.39, 0.29) is 6.42 Å². The van der Waals surface area contributed by atoms with Crippen LogP contribution in [-0.4, -0.2) is 86.0 Å². The monoisotopic (exact) mass is 475 g/mol. The molecule has 186 valence electrons. The number of carbonyl (C=O) groups excluding carboxylic acids is 6. The van der Waals surface area contributed by atoms with Crippen molar-refractivity contribution in [3.05, 3.63) is 0 Å². The molecule has 6 atom stereocenters. The largest absolute Gasteiger partial charge is 0.467 e. The lowest BCUT2D eigenvalue weighted by Gasteiger charge is -2.44. The first-order valence-electron chi connectivity index (χ1n) is 10.0. The van der Waals surface area contributed by atoms with E-state index in [4.69, 9.17) is 28.4 Å². The Morgan fingerprint density at radius 2 is 1.52 bits per heavy atom. The molecule has 0 aromatic heterocycles. The van der Waals surface area contributed by atoms with Crippen LogP contribution in [0.25, 0.3) is 0 Å². The normalized spacial score (nSPS) is 23.8. The number of hydrogen-bond acceptors (Lipinski definition) is 12. The standard InChI is InChI=1S/C20H29NO12/c1-9(22)21-17-14(30-11(3)24)7-15(20(27)28-6)33-19(17)18(32-13(5)26)16(31-12(4)25)8-29-10(2)23/h14-19H,7-8H2,1-6H3,(H,21,22)/t14-,15+,16+,17+,18+,19+/m0/s1. The number of carbonyl (C=O) groups is 6. The minimum Gasteiger partial charge on any atom is -0.467 e. The van der Waals surface area contributed by atoms with Crippen LogP contribution in [0.5, 0.6) is 0 Å². The van der Waals surface area contributed by atoms with Gasteiger partial charge in [0.15, 0.2) is 18.3 Å². The molecule has 1 aliphatic rings. The molecule has 0 radical (unpaired) electrons. The van der Waals surface area contributed by atoms with Gasteiger partial charge in [-0.1, -0.05) is 0 Å². The molecule has 1 saturated heterocycles. The maximum Gasteiger partial charge on any atom is 0.335 e. The van der Waals surface area contributed by atoms with Crippen molar-refractivity contribution in [2.45, 2.75) is 77.6 Å². The van der Waals surface area contributed by atoms with Gasteiger partial charge in [-0.25, -0.2) is 4.79 Å². The molecule has 0 aliphatic carbocycles. The summed E-state index contributed by atoms with van der Waals surface area (Å²) in [4.78, 5) is 70.8. The molecule has 1 rings (SSSR count). The van der Waals surface area contributed by atoms with Gasteiger partial charge in [-0.3, -0.25) is 24.0 Å². The van der Waals surface area contributed by atoms with E-state index in [9.17, 15) is 28.8 Å². The fraction of sp³-hybridized carbons (Fsp3) is 0.700. The molecule has 0 aromatic rings. The predicted octanol–water partition coefficient (Wildman–Crippen LogP) is -0.820.